The summed E-state index contributed by atoms with van der Waals surface area (Å²) in [6, 6.07) is 43.4. The fourth-order valence-corrected chi connectivity index (χ4v) is 8.31. The molecular formula is C39H26N2O5. The van der Waals surface area contributed by atoms with Crippen LogP contribution in [0.25, 0.3) is 11.1 Å². The fourth-order valence-electron chi connectivity index (χ4n) is 8.31. The third-order valence-corrected chi connectivity index (χ3v) is 9.90. The molecule has 1 heterocycles. The molecule has 7 heteroatoms. The summed E-state index contributed by atoms with van der Waals surface area (Å²) in [4.78, 5) is 57.7. The van der Waals surface area contributed by atoms with E-state index >= 15 is 4.79 Å². The molecule has 4 atom stereocenters. The molecule has 2 fully saturated rings. The number of allylic oxidation sites excluding steroid dienone is 2. The number of benzene rings is 5. The molecule has 5 aromatic rings. The van der Waals surface area contributed by atoms with Gasteiger partial charge in [0.2, 0.25) is 11.8 Å². The molecule has 2 amide bonds. The number of hydrogen-bond acceptors (Lipinski definition) is 5. The van der Waals surface area contributed by atoms with Crippen molar-refractivity contribution in [1.82, 2.24) is 0 Å². The summed E-state index contributed by atoms with van der Waals surface area (Å²) in [5.41, 5.74) is 1.38. The lowest BCUT2D eigenvalue weighted by atomic mass is 9.59. The Morgan fingerprint density at radius 1 is 0.522 bits per heavy atom. The number of anilines is 1. The van der Waals surface area contributed by atoms with Crippen molar-refractivity contribution in [3.8, 4) is 0 Å². The maximum Gasteiger partial charge on any atom is 0.269 e. The van der Waals surface area contributed by atoms with E-state index < -0.39 is 39.4 Å². The molecule has 222 valence electrons. The van der Waals surface area contributed by atoms with Crippen LogP contribution in [0.4, 0.5) is 11.4 Å². The summed E-state index contributed by atoms with van der Waals surface area (Å²) >= 11 is 0. The maximum atomic E-state index is 15.8. The van der Waals surface area contributed by atoms with E-state index in [1.165, 1.54) is 24.3 Å². The van der Waals surface area contributed by atoms with Gasteiger partial charge in [-0.15, -0.1) is 0 Å². The Morgan fingerprint density at radius 3 is 1.26 bits per heavy atom. The predicted molar refractivity (Wildman–Crippen MR) is 174 cm³/mol. The summed E-state index contributed by atoms with van der Waals surface area (Å²) in [6.07, 6.45) is 0. The van der Waals surface area contributed by atoms with Gasteiger partial charge in [0.15, 0.2) is 5.78 Å². The minimum atomic E-state index is -1.50. The molecule has 46 heavy (non-hydrogen) atoms. The van der Waals surface area contributed by atoms with Gasteiger partial charge >= 0.3 is 0 Å². The zero-order chi connectivity index (χ0) is 31.6. The lowest BCUT2D eigenvalue weighted by Gasteiger charge is -2.39. The maximum absolute atomic E-state index is 15.8. The zero-order valence-corrected chi connectivity index (χ0v) is 24.4. The topological polar surface area (TPSA) is 97.6 Å². The zero-order valence-electron chi connectivity index (χ0n) is 24.4. The number of Topliss-reactive ketones (excluding diaryl/α,β-unsaturated/α-hetero) is 1. The van der Waals surface area contributed by atoms with E-state index in [1.807, 2.05) is 121 Å². The lowest BCUT2D eigenvalue weighted by Crippen LogP contribution is -2.45. The van der Waals surface area contributed by atoms with Gasteiger partial charge in [-0.05, 0) is 45.5 Å². The van der Waals surface area contributed by atoms with Gasteiger partial charge in [0, 0.05) is 12.1 Å². The number of carbonyl (C=O) groups is 3. The summed E-state index contributed by atoms with van der Waals surface area (Å²) in [7, 11) is 0. The van der Waals surface area contributed by atoms with Crippen LogP contribution in [0.3, 0.4) is 0 Å². The number of imide groups is 1. The Balaban J connectivity index is 1.52. The molecule has 5 aromatic carbocycles. The second-order valence-electron chi connectivity index (χ2n) is 11.9. The van der Waals surface area contributed by atoms with Crippen LogP contribution in [-0.4, -0.2) is 22.5 Å². The Kier molecular flexibility index (Phi) is 6.02. The Bertz CT molecular complexity index is 1960. The molecule has 2 aliphatic carbocycles. The number of amides is 2. The molecule has 3 aliphatic rings. The highest BCUT2D eigenvalue weighted by Crippen LogP contribution is 2.74. The lowest BCUT2D eigenvalue weighted by molar-refractivity contribution is -0.384. The molecule has 0 radical (unpaired) electrons. The van der Waals surface area contributed by atoms with Crippen LogP contribution in [0.1, 0.15) is 22.3 Å². The monoisotopic (exact) mass is 602 g/mol. The van der Waals surface area contributed by atoms with E-state index in [2.05, 4.69) is 0 Å². The molecule has 0 unspecified atom stereocenters. The van der Waals surface area contributed by atoms with E-state index in [9.17, 15) is 19.7 Å². The van der Waals surface area contributed by atoms with Gasteiger partial charge in [0.25, 0.3) is 5.69 Å². The van der Waals surface area contributed by atoms with Gasteiger partial charge in [-0.1, -0.05) is 121 Å². The number of nitro benzene ring substituents is 1. The van der Waals surface area contributed by atoms with Crippen LogP contribution >= 0.6 is 0 Å². The quantitative estimate of drug-likeness (QED) is 0.121. The second kappa shape index (κ2) is 10.0. The average molecular weight is 603 g/mol. The first kappa shape index (κ1) is 27.6. The summed E-state index contributed by atoms with van der Waals surface area (Å²) in [5, 5.41) is 11.4. The van der Waals surface area contributed by atoms with Crippen molar-refractivity contribution in [3.63, 3.8) is 0 Å². The molecule has 0 N–H and O–H groups in total. The molecule has 8 rings (SSSR count). The van der Waals surface area contributed by atoms with Gasteiger partial charge in [-0.3, -0.25) is 24.5 Å². The summed E-state index contributed by atoms with van der Waals surface area (Å²) in [5.74, 6) is -3.32. The number of carbonyl (C=O) groups excluding carboxylic acids is 3. The van der Waals surface area contributed by atoms with Crippen molar-refractivity contribution >= 4 is 40.1 Å². The second-order valence-corrected chi connectivity index (χ2v) is 11.9. The van der Waals surface area contributed by atoms with Crippen molar-refractivity contribution < 1.29 is 19.3 Å². The molecule has 1 saturated carbocycles. The van der Waals surface area contributed by atoms with Crippen molar-refractivity contribution in [3.05, 3.63) is 178 Å². The number of hydrogen-bond donors (Lipinski definition) is 0. The van der Waals surface area contributed by atoms with Crippen LogP contribution in [0.2, 0.25) is 0 Å². The first-order valence-electron chi connectivity index (χ1n) is 15.1. The number of non-ortho nitro benzene ring substituents is 1. The van der Waals surface area contributed by atoms with Gasteiger partial charge in [0.1, 0.15) is 0 Å². The average Bonchev–Trinajstić information content (AvgIpc) is 3.62. The van der Waals surface area contributed by atoms with E-state index in [-0.39, 0.29) is 17.2 Å². The number of nitro groups is 1. The first-order valence-corrected chi connectivity index (χ1v) is 15.1. The van der Waals surface area contributed by atoms with Gasteiger partial charge in [0.05, 0.1) is 33.3 Å². The standard InChI is InChI=1S/C39H26N2O5/c42-35-33-34(36(43)40(35)29-21-23-30(24-22-29)41(45)46)39(28-19-11-4-12-20-28)32(26-15-7-2-8-16-26)31(25-13-5-1-6-14-25)38(33,37(39)44)27-17-9-3-10-18-27/h1-24,33-34H/t33-,34-,38-,39-/m0/s1. The van der Waals surface area contributed by atoms with Crippen molar-refractivity contribution in [2.24, 2.45) is 11.8 Å². The normalized spacial score (nSPS) is 24.9. The fraction of sp³-hybridized carbons (Fsp3) is 0.103. The molecule has 7 nitrogen and oxygen atoms in total. The predicted octanol–water partition coefficient (Wildman–Crippen LogP) is 6.78. The molecule has 2 bridgehead atoms. The number of nitrogens with zero attached hydrogens (tertiary/aromatic N) is 2. The smallest absolute Gasteiger partial charge is 0.269 e. The van der Waals surface area contributed by atoms with E-state index in [4.69, 9.17) is 0 Å². The molecule has 0 spiro atoms. The highest BCUT2D eigenvalue weighted by atomic mass is 16.6. The van der Waals surface area contributed by atoms with Crippen molar-refractivity contribution in [2.45, 2.75) is 10.8 Å². The Labute approximate surface area is 264 Å². The van der Waals surface area contributed by atoms with Crippen molar-refractivity contribution in [2.75, 3.05) is 4.90 Å². The summed E-state index contributed by atoms with van der Waals surface area (Å²) in [6.45, 7) is 0. The van der Waals surface area contributed by atoms with E-state index in [1.54, 1.807) is 0 Å². The van der Waals surface area contributed by atoms with Gasteiger partial charge < -0.3 is 0 Å². The molecule has 1 aliphatic heterocycles. The van der Waals surface area contributed by atoms with Crippen LogP contribution in [0.5, 0.6) is 0 Å². The minimum Gasteiger partial charge on any atom is -0.297 e. The number of rotatable bonds is 6. The molecule has 0 aromatic heterocycles. The van der Waals surface area contributed by atoms with Crippen LogP contribution in [-0.2, 0) is 25.2 Å². The van der Waals surface area contributed by atoms with Gasteiger partial charge in [-0.25, -0.2) is 4.90 Å². The number of fused-ring (bicyclic) bond motifs is 5. The van der Waals surface area contributed by atoms with Crippen molar-refractivity contribution in [1.29, 1.82) is 0 Å². The highest BCUT2D eigenvalue weighted by Gasteiger charge is 2.82. The van der Waals surface area contributed by atoms with Gasteiger partial charge in [-0.2, -0.15) is 0 Å². The minimum absolute atomic E-state index is 0.154. The Morgan fingerprint density at radius 2 is 0.891 bits per heavy atom. The Hall–Kier alpha value is -5.95. The number of ketones is 1. The van der Waals surface area contributed by atoms with Crippen LogP contribution < -0.4 is 4.90 Å². The summed E-state index contributed by atoms with van der Waals surface area (Å²) < 4.78 is 0. The third kappa shape index (κ3) is 3.39. The first-order chi connectivity index (χ1) is 22.4. The highest BCUT2D eigenvalue weighted by molar-refractivity contribution is 6.39. The molecular weight excluding hydrogens is 576 g/mol. The van der Waals surface area contributed by atoms with Crippen LogP contribution in [0, 0.1) is 22.0 Å². The molecule has 1 saturated heterocycles. The van der Waals surface area contributed by atoms with Crippen LogP contribution in [0.15, 0.2) is 146 Å². The third-order valence-electron chi connectivity index (χ3n) is 9.90. The van der Waals surface area contributed by atoms with E-state index in [0.717, 1.165) is 16.0 Å². The largest absolute Gasteiger partial charge is 0.297 e. The van der Waals surface area contributed by atoms with E-state index in [0.29, 0.717) is 22.3 Å². The SMILES string of the molecule is O=C1[C@@H]2[C@@H](C(=O)N1c1ccc([N+](=O)[O-])cc1)[C@@]1(c3ccccc3)C(=O)[C@@]2(c2ccccc2)C(c2ccccc2)=C1c1ccccc1.